The van der Waals surface area contributed by atoms with Gasteiger partial charge in [0.1, 0.15) is 5.76 Å². The quantitative estimate of drug-likeness (QED) is 0.305. The fourth-order valence-corrected chi connectivity index (χ4v) is 5.39. The Morgan fingerprint density at radius 1 is 1.11 bits per heavy atom. The Balaban J connectivity index is 1.43. The molecule has 8 heteroatoms. The van der Waals surface area contributed by atoms with E-state index >= 15 is 0 Å². The molecule has 7 nitrogen and oxygen atoms in total. The van der Waals surface area contributed by atoms with Gasteiger partial charge in [-0.25, -0.2) is 0 Å². The van der Waals surface area contributed by atoms with Crippen LogP contribution < -0.4 is 10.6 Å². The summed E-state index contributed by atoms with van der Waals surface area (Å²) in [7, 11) is 0. The molecule has 0 radical (unpaired) electrons. The molecule has 3 aromatic heterocycles. The minimum absolute atomic E-state index is 0.0413. The van der Waals surface area contributed by atoms with E-state index in [0.29, 0.717) is 24.6 Å². The zero-order chi connectivity index (χ0) is 25.9. The molecule has 1 aromatic carbocycles. The highest BCUT2D eigenvalue weighted by atomic mass is 32.1. The number of furan rings is 1. The highest BCUT2D eigenvalue weighted by Gasteiger charge is 2.41. The molecule has 1 aliphatic rings. The van der Waals surface area contributed by atoms with Crippen LogP contribution in [0.2, 0.25) is 0 Å². The molecule has 0 unspecified atom stereocenters. The Hall–Kier alpha value is -3.91. The number of hydrogen-bond acceptors (Lipinski definition) is 4. The molecular weight excluding hydrogens is 482 g/mol. The Morgan fingerprint density at radius 2 is 1.92 bits per heavy atom. The summed E-state index contributed by atoms with van der Waals surface area (Å²) in [6.07, 6.45) is 3.81. The SMILES string of the molecule is Cc1ccccc1NC(=O)CCN1C(=S)N[C@@H](c2ccccn2)[C@H]1c1cc(C)n(Cc2ccco2)c1C. The lowest BCUT2D eigenvalue weighted by atomic mass is 9.96. The summed E-state index contributed by atoms with van der Waals surface area (Å²) in [6.45, 7) is 7.37. The molecule has 0 aliphatic carbocycles. The van der Waals surface area contributed by atoms with E-state index in [2.05, 4.69) is 45.0 Å². The van der Waals surface area contributed by atoms with Crippen molar-refractivity contribution in [2.24, 2.45) is 0 Å². The summed E-state index contributed by atoms with van der Waals surface area (Å²) in [5.74, 6) is 0.861. The number of carbonyl (C=O) groups excluding carboxylic acids is 1. The normalized spacial score (nSPS) is 17.2. The van der Waals surface area contributed by atoms with Gasteiger partial charge in [0, 0.05) is 36.2 Å². The van der Waals surface area contributed by atoms with Crippen molar-refractivity contribution in [1.82, 2.24) is 19.8 Å². The molecule has 0 spiro atoms. The first-order valence-electron chi connectivity index (χ1n) is 12.4. The molecule has 1 aliphatic heterocycles. The fraction of sp³-hybridized carbons (Fsp3) is 0.276. The summed E-state index contributed by atoms with van der Waals surface area (Å²) in [5, 5.41) is 7.15. The van der Waals surface area contributed by atoms with Crippen LogP contribution in [0.25, 0.3) is 0 Å². The molecule has 1 fully saturated rings. The summed E-state index contributed by atoms with van der Waals surface area (Å²) in [4.78, 5) is 19.7. The average molecular weight is 514 g/mol. The summed E-state index contributed by atoms with van der Waals surface area (Å²) in [5.41, 5.74) is 6.22. The number of hydrogen-bond donors (Lipinski definition) is 2. The van der Waals surface area contributed by atoms with Gasteiger partial charge in [-0.2, -0.15) is 0 Å². The van der Waals surface area contributed by atoms with Crippen LogP contribution in [-0.2, 0) is 11.3 Å². The highest BCUT2D eigenvalue weighted by Crippen LogP contribution is 2.41. The molecule has 4 heterocycles. The molecule has 2 atom stereocenters. The van der Waals surface area contributed by atoms with Crippen LogP contribution in [0.4, 0.5) is 5.69 Å². The van der Waals surface area contributed by atoms with Crippen molar-refractivity contribution in [3.8, 4) is 0 Å². The van der Waals surface area contributed by atoms with E-state index < -0.39 is 0 Å². The molecule has 1 saturated heterocycles. The fourth-order valence-electron chi connectivity index (χ4n) is 5.06. The van der Waals surface area contributed by atoms with E-state index in [0.717, 1.165) is 39.7 Å². The summed E-state index contributed by atoms with van der Waals surface area (Å²) in [6, 6.07) is 19.6. The molecule has 190 valence electrons. The lowest BCUT2D eigenvalue weighted by Gasteiger charge is -2.28. The van der Waals surface area contributed by atoms with E-state index in [4.69, 9.17) is 16.6 Å². The molecule has 4 aromatic rings. The first-order valence-corrected chi connectivity index (χ1v) is 12.9. The second-order valence-corrected chi connectivity index (χ2v) is 9.81. The van der Waals surface area contributed by atoms with Crippen molar-refractivity contribution in [3.05, 3.63) is 107 Å². The zero-order valence-corrected chi connectivity index (χ0v) is 22.1. The van der Waals surface area contributed by atoms with Gasteiger partial charge in [0.2, 0.25) is 5.91 Å². The van der Waals surface area contributed by atoms with E-state index in [9.17, 15) is 4.79 Å². The first-order chi connectivity index (χ1) is 17.9. The summed E-state index contributed by atoms with van der Waals surface area (Å²) < 4.78 is 7.87. The number of rotatable bonds is 8. The molecule has 5 rings (SSSR count). The standard InChI is InChI=1S/C29H31N5O2S/c1-19-9-4-5-11-24(19)31-26(35)13-15-33-28(27(32-29(33)37)25-12-6-7-14-30-25)23-17-20(2)34(21(23)3)18-22-10-8-16-36-22/h4-12,14,16-17,27-28H,13,15,18H2,1-3H3,(H,31,35)(H,32,37)/t27-,28+/m0/s1. The van der Waals surface area contributed by atoms with Crippen LogP contribution in [0.1, 0.15) is 52.5 Å². The van der Waals surface area contributed by atoms with E-state index in [1.807, 2.05) is 61.5 Å². The van der Waals surface area contributed by atoms with Crippen molar-refractivity contribution in [1.29, 1.82) is 0 Å². The Labute approximate surface area is 222 Å². The minimum atomic E-state index is -0.134. The number of thiocarbonyl (C=S) groups is 1. The van der Waals surface area contributed by atoms with Crippen LogP contribution in [0.5, 0.6) is 0 Å². The maximum atomic E-state index is 12.9. The smallest absolute Gasteiger partial charge is 0.226 e. The summed E-state index contributed by atoms with van der Waals surface area (Å²) >= 11 is 5.81. The number of benzene rings is 1. The number of aryl methyl sites for hydroxylation is 2. The van der Waals surface area contributed by atoms with Crippen molar-refractivity contribution in [2.45, 2.75) is 45.8 Å². The van der Waals surface area contributed by atoms with Gasteiger partial charge in [-0.05, 0) is 80.5 Å². The third-order valence-corrected chi connectivity index (χ3v) is 7.37. The topological polar surface area (TPSA) is 75.3 Å². The van der Waals surface area contributed by atoms with Crippen LogP contribution >= 0.6 is 12.2 Å². The molecule has 37 heavy (non-hydrogen) atoms. The van der Waals surface area contributed by atoms with Crippen LogP contribution in [-0.4, -0.2) is 32.0 Å². The van der Waals surface area contributed by atoms with Gasteiger partial charge < -0.3 is 24.5 Å². The van der Waals surface area contributed by atoms with Gasteiger partial charge in [-0.1, -0.05) is 24.3 Å². The van der Waals surface area contributed by atoms with Gasteiger partial charge in [-0.3, -0.25) is 9.78 Å². The van der Waals surface area contributed by atoms with Gasteiger partial charge in [0.15, 0.2) is 5.11 Å². The largest absolute Gasteiger partial charge is 0.467 e. The molecule has 2 N–H and O–H groups in total. The number of amides is 1. The lowest BCUT2D eigenvalue weighted by molar-refractivity contribution is -0.116. The molecule has 1 amide bonds. The van der Waals surface area contributed by atoms with Crippen molar-refractivity contribution < 1.29 is 9.21 Å². The van der Waals surface area contributed by atoms with Gasteiger partial charge in [0.25, 0.3) is 0 Å². The van der Waals surface area contributed by atoms with Gasteiger partial charge >= 0.3 is 0 Å². The molecular formula is C29H31N5O2S. The van der Waals surface area contributed by atoms with Crippen LogP contribution in [0, 0.1) is 20.8 Å². The van der Waals surface area contributed by atoms with E-state index in [-0.39, 0.29) is 18.0 Å². The van der Waals surface area contributed by atoms with Crippen LogP contribution in [0.3, 0.4) is 0 Å². The van der Waals surface area contributed by atoms with Gasteiger partial charge in [-0.15, -0.1) is 0 Å². The average Bonchev–Trinajstić information content (AvgIpc) is 3.60. The van der Waals surface area contributed by atoms with E-state index in [1.165, 1.54) is 0 Å². The number of nitrogens with one attached hydrogen (secondary N) is 2. The Bertz CT molecular complexity index is 1400. The number of anilines is 1. The lowest BCUT2D eigenvalue weighted by Crippen LogP contribution is -2.33. The van der Waals surface area contributed by atoms with Crippen molar-refractivity contribution in [2.75, 3.05) is 11.9 Å². The highest BCUT2D eigenvalue weighted by molar-refractivity contribution is 7.80. The molecule has 0 bridgehead atoms. The van der Waals surface area contributed by atoms with Crippen molar-refractivity contribution >= 4 is 28.9 Å². The van der Waals surface area contributed by atoms with Crippen molar-refractivity contribution in [3.63, 3.8) is 0 Å². The van der Waals surface area contributed by atoms with E-state index in [1.54, 1.807) is 12.5 Å². The third-order valence-electron chi connectivity index (χ3n) is 7.02. The minimum Gasteiger partial charge on any atom is -0.467 e. The number of aromatic nitrogens is 2. The number of pyridine rings is 1. The maximum Gasteiger partial charge on any atom is 0.226 e. The molecule has 0 saturated carbocycles. The maximum absolute atomic E-state index is 12.9. The number of para-hydroxylation sites is 1. The number of carbonyl (C=O) groups is 1. The first kappa shape index (κ1) is 24.8. The number of nitrogens with zero attached hydrogens (tertiary/aromatic N) is 3. The predicted molar refractivity (Wildman–Crippen MR) is 148 cm³/mol. The Kier molecular flexibility index (Phi) is 7.10. The third kappa shape index (κ3) is 5.15. The second-order valence-electron chi connectivity index (χ2n) is 9.43. The Morgan fingerprint density at radius 3 is 2.65 bits per heavy atom. The van der Waals surface area contributed by atoms with Gasteiger partial charge in [0.05, 0.1) is 30.6 Å². The van der Waals surface area contributed by atoms with Crippen LogP contribution in [0.15, 0.2) is 77.5 Å². The predicted octanol–water partition coefficient (Wildman–Crippen LogP) is 5.45. The zero-order valence-electron chi connectivity index (χ0n) is 21.3. The second kappa shape index (κ2) is 10.6. The monoisotopic (exact) mass is 513 g/mol.